The van der Waals surface area contributed by atoms with Gasteiger partial charge in [0, 0.05) is 17.6 Å². The molecule has 0 N–H and O–H groups in total. The van der Waals surface area contributed by atoms with Crippen LogP contribution < -0.4 is 0 Å². The Morgan fingerprint density at radius 2 is 2.12 bits per heavy atom. The lowest BCUT2D eigenvalue weighted by molar-refractivity contribution is 0.0775. The van der Waals surface area contributed by atoms with Gasteiger partial charge in [-0.1, -0.05) is 32.4 Å². The highest BCUT2D eigenvalue weighted by Gasteiger charge is 2.21. The highest BCUT2D eigenvalue weighted by Crippen LogP contribution is 2.18. The lowest BCUT2D eigenvalue weighted by Gasteiger charge is -2.14. The van der Waals surface area contributed by atoms with Crippen molar-refractivity contribution in [1.29, 1.82) is 0 Å². The standard InChI is InChI=1S/C16H16BrN5O2/c1-10-7-13(19-24-10)9-21(3)16(23)15-11(2)22(20-18-15)14-6-4-5-12(17)8-14/h4-8H,9H2,1-3H3. The van der Waals surface area contributed by atoms with E-state index in [0.29, 0.717) is 29.4 Å². The van der Waals surface area contributed by atoms with Gasteiger partial charge >= 0.3 is 0 Å². The minimum atomic E-state index is -0.214. The molecule has 8 heteroatoms. The Labute approximate surface area is 147 Å². The molecule has 2 heterocycles. The van der Waals surface area contributed by atoms with Crippen molar-refractivity contribution in [2.75, 3.05) is 7.05 Å². The van der Waals surface area contributed by atoms with Gasteiger partial charge in [-0.25, -0.2) is 4.68 Å². The van der Waals surface area contributed by atoms with E-state index in [1.54, 1.807) is 22.7 Å². The van der Waals surface area contributed by atoms with Crippen molar-refractivity contribution >= 4 is 21.8 Å². The molecule has 3 rings (SSSR count). The van der Waals surface area contributed by atoms with Crippen molar-refractivity contribution in [1.82, 2.24) is 25.1 Å². The number of hydrogen-bond donors (Lipinski definition) is 0. The Morgan fingerprint density at radius 1 is 1.33 bits per heavy atom. The molecular formula is C16H16BrN5O2. The fourth-order valence-electron chi connectivity index (χ4n) is 2.37. The third kappa shape index (κ3) is 3.23. The normalized spacial score (nSPS) is 10.8. The smallest absolute Gasteiger partial charge is 0.276 e. The summed E-state index contributed by atoms with van der Waals surface area (Å²) in [5.41, 5.74) is 2.53. The van der Waals surface area contributed by atoms with Gasteiger partial charge in [0.05, 0.1) is 17.9 Å². The zero-order chi connectivity index (χ0) is 17.3. The van der Waals surface area contributed by atoms with Crippen LogP contribution in [0.2, 0.25) is 0 Å². The van der Waals surface area contributed by atoms with E-state index in [9.17, 15) is 4.79 Å². The number of rotatable bonds is 4. The quantitative estimate of drug-likeness (QED) is 0.685. The average Bonchev–Trinajstić information content (AvgIpc) is 3.12. The molecule has 0 aliphatic carbocycles. The second-order valence-corrected chi connectivity index (χ2v) is 6.42. The molecule has 0 unspecified atom stereocenters. The van der Waals surface area contributed by atoms with Crippen molar-refractivity contribution in [3.05, 3.63) is 57.6 Å². The second-order valence-electron chi connectivity index (χ2n) is 5.51. The first-order valence-corrected chi connectivity index (χ1v) is 8.11. The number of halogens is 1. The molecule has 24 heavy (non-hydrogen) atoms. The molecule has 0 aliphatic heterocycles. The lowest BCUT2D eigenvalue weighted by atomic mass is 10.2. The van der Waals surface area contributed by atoms with Crippen LogP contribution in [-0.4, -0.2) is 38.0 Å². The van der Waals surface area contributed by atoms with Crippen LogP contribution in [-0.2, 0) is 6.54 Å². The Hall–Kier alpha value is -2.48. The third-order valence-electron chi connectivity index (χ3n) is 3.57. The number of amides is 1. The molecule has 1 amide bonds. The first-order chi connectivity index (χ1) is 11.5. The van der Waals surface area contributed by atoms with Crippen LogP contribution in [0.5, 0.6) is 0 Å². The van der Waals surface area contributed by atoms with E-state index < -0.39 is 0 Å². The van der Waals surface area contributed by atoms with Crippen molar-refractivity contribution in [3.8, 4) is 5.69 Å². The van der Waals surface area contributed by atoms with Gasteiger partial charge in [-0.15, -0.1) is 5.10 Å². The molecule has 124 valence electrons. The summed E-state index contributed by atoms with van der Waals surface area (Å²) < 4.78 is 7.60. The van der Waals surface area contributed by atoms with Crippen LogP contribution in [0.1, 0.15) is 27.6 Å². The third-order valence-corrected chi connectivity index (χ3v) is 4.07. The summed E-state index contributed by atoms with van der Waals surface area (Å²) in [5.74, 6) is 0.497. The molecule has 1 aromatic carbocycles. The molecule has 0 aliphatic rings. The molecular weight excluding hydrogens is 374 g/mol. The predicted octanol–water partition coefficient (Wildman–Crippen LogP) is 2.91. The van der Waals surface area contributed by atoms with E-state index in [4.69, 9.17) is 4.52 Å². The average molecular weight is 390 g/mol. The van der Waals surface area contributed by atoms with E-state index in [2.05, 4.69) is 31.4 Å². The second kappa shape index (κ2) is 6.56. The van der Waals surface area contributed by atoms with Crippen molar-refractivity contribution in [3.63, 3.8) is 0 Å². The first-order valence-electron chi connectivity index (χ1n) is 7.31. The topological polar surface area (TPSA) is 77.1 Å². The van der Waals surface area contributed by atoms with Crippen LogP contribution in [0, 0.1) is 13.8 Å². The molecule has 3 aromatic rings. The number of hydrogen-bond acceptors (Lipinski definition) is 5. The molecule has 7 nitrogen and oxygen atoms in total. The molecule has 0 saturated carbocycles. The fraction of sp³-hybridized carbons (Fsp3) is 0.250. The zero-order valence-corrected chi connectivity index (χ0v) is 15.1. The summed E-state index contributed by atoms with van der Waals surface area (Å²) in [5, 5.41) is 12.1. The van der Waals surface area contributed by atoms with Crippen molar-refractivity contribution in [2.45, 2.75) is 20.4 Å². The van der Waals surface area contributed by atoms with Crippen LogP contribution in [0.15, 0.2) is 39.3 Å². The minimum absolute atomic E-state index is 0.214. The van der Waals surface area contributed by atoms with Crippen LogP contribution in [0.3, 0.4) is 0 Å². The monoisotopic (exact) mass is 389 g/mol. The van der Waals surface area contributed by atoms with Crippen molar-refractivity contribution < 1.29 is 9.32 Å². The molecule has 0 bridgehead atoms. The number of benzene rings is 1. The van der Waals surface area contributed by atoms with E-state index in [0.717, 1.165) is 10.2 Å². The van der Waals surface area contributed by atoms with Crippen LogP contribution in [0.25, 0.3) is 5.69 Å². The van der Waals surface area contributed by atoms with Gasteiger partial charge in [-0.2, -0.15) is 0 Å². The number of aromatic nitrogens is 4. The fourth-order valence-corrected chi connectivity index (χ4v) is 2.76. The Balaban J connectivity index is 1.83. The number of carbonyl (C=O) groups excluding carboxylic acids is 1. The highest BCUT2D eigenvalue weighted by atomic mass is 79.9. The summed E-state index contributed by atoms with van der Waals surface area (Å²) in [7, 11) is 1.70. The molecule has 0 fully saturated rings. The Kier molecular flexibility index (Phi) is 4.48. The number of aryl methyl sites for hydroxylation is 1. The summed E-state index contributed by atoms with van der Waals surface area (Å²) in [4.78, 5) is 14.2. The van der Waals surface area contributed by atoms with Gasteiger partial charge in [0.2, 0.25) is 0 Å². The molecule has 0 atom stereocenters. The minimum Gasteiger partial charge on any atom is -0.361 e. The first kappa shape index (κ1) is 16.4. The van der Waals surface area contributed by atoms with E-state index in [1.807, 2.05) is 38.1 Å². The summed E-state index contributed by atoms with van der Waals surface area (Å²) >= 11 is 3.43. The van der Waals surface area contributed by atoms with Crippen molar-refractivity contribution in [2.24, 2.45) is 0 Å². The summed E-state index contributed by atoms with van der Waals surface area (Å²) in [6.45, 7) is 3.98. The van der Waals surface area contributed by atoms with E-state index >= 15 is 0 Å². The molecule has 2 aromatic heterocycles. The number of nitrogens with zero attached hydrogens (tertiary/aromatic N) is 5. The van der Waals surface area contributed by atoms with Gasteiger partial charge in [-0.3, -0.25) is 4.79 Å². The van der Waals surface area contributed by atoms with E-state index in [1.165, 1.54) is 0 Å². The molecule has 0 radical (unpaired) electrons. The Morgan fingerprint density at radius 3 is 2.79 bits per heavy atom. The predicted molar refractivity (Wildman–Crippen MR) is 90.8 cm³/mol. The SMILES string of the molecule is Cc1cc(CN(C)C(=O)c2nnn(-c3cccc(Br)c3)c2C)no1. The van der Waals surface area contributed by atoms with Gasteiger partial charge in [0.15, 0.2) is 5.69 Å². The molecule has 0 saturated heterocycles. The maximum Gasteiger partial charge on any atom is 0.276 e. The van der Waals surface area contributed by atoms with Crippen LogP contribution in [0.4, 0.5) is 0 Å². The molecule has 0 spiro atoms. The maximum absolute atomic E-state index is 12.6. The van der Waals surface area contributed by atoms with Gasteiger partial charge in [0.1, 0.15) is 11.5 Å². The van der Waals surface area contributed by atoms with Gasteiger partial charge < -0.3 is 9.42 Å². The number of carbonyl (C=O) groups is 1. The maximum atomic E-state index is 12.6. The van der Waals surface area contributed by atoms with Gasteiger partial charge in [0.25, 0.3) is 5.91 Å². The Bertz CT molecular complexity index is 886. The zero-order valence-electron chi connectivity index (χ0n) is 13.5. The van der Waals surface area contributed by atoms with Gasteiger partial charge in [-0.05, 0) is 32.0 Å². The lowest BCUT2D eigenvalue weighted by Crippen LogP contribution is -2.27. The van der Waals surface area contributed by atoms with Crippen LogP contribution >= 0.6 is 15.9 Å². The van der Waals surface area contributed by atoms with E-state index in [-0.39, 0.29) is 5.91 Å². The summed E-state index contributed by atoms with van der Waals surface area (Å²) in [6, 6.07) is 9.45. The highest BCUT2D eigenvalue weighted by molar-refractivity contribution is 9.10. The largest absolute Gasteiger partial charge is 0.361 e. The summed E-state index contributed by atoms with van der Waals surface area (Å²) in [6.07, 6.45) is 0.